The lowest BCUT2D eigenvalue weighted by Gasteiger charge is -2.42. The third-order valence-corrected chi connectivity index (χ3v) is 5.60. The second-order valence-corrected chi connectivity index (χ2v) is 8.23. The van der Waals surface area contributed by atoms with E-state index in [1.807, 2.05) is 0 Å². The first-order valence-corrected chi connectivity index (χ1v) is 10.6. The molecule has 13 heteroatoms. The lowest BCUT2D eigenvalue weighted by atomic mass is 9.98. The summed E-state index contributed by atoms with van der Waals surface area (Å²) in [7, 11) is 0. The highest BCUT2D eigenvalue weighted by atomic mass is 19.4. The molecule has 3 rings (SSSR count). The summed E-state index contributed by atoms with van der Waals surface area (Å²) in [5.41, 5.74) is -3.12. The van der Waals surface area contributed by atoms with Crippen molar-refractivity contribution in [3.63, 3.8) is 0 Å². The van der Waals surface area contributed by atoms with Crippen LogP contribution in [0.4, 0.5) is 30.7 Å². The van der Waals surface area contributed by atoms with Gasteiger partial charge in [-0.3, -0.25) is 0 Å². The number of halogens is 7. The molecule has 0 saturated carbocycles. The summed E-state index contributed by atoms with van der Waals surface area (Å²) in [5.74, 6) is -0.518. The van der Waals surface area contributed by atoms with E-state index in [9.17, 15) is 46.1 Å². The lowest BCUT2D eigenvalue weighted by Crippen LogP contribution is -2.60. The van der Waals surface area contributed by atoms with E-state index < -0.39 is 78.3 Å². The van der Waals surface area contributed by atoms with Gasteiger partial charge in [-0.25, -0.2) is 4.39 Å². The van der Waals surface area contributed by atoms with Crippen molar-refractivity contribution in [1.82, 2.24) is 0 Å². The standard InChI is InChI=1S/C23H23F7O6/c1-11(13-6-14(22(25,26)27)8-15(7-13)23(28,29)30)35-21-20(19(33)18(32)17(9-31)36-21)34-10-12-2-4-16(24)5-3-12/h2-8,11,17-21,31-33H,9-10H2,1H3/t11-,17-,18+,19+,20-,21-/m1/s1. The van der Waals surface area contributed by atoms with Gasteiger partial charge in [0.1, 0.15) is 30.2 Å². The van der Waals surface area contributed by atoms with Gasteiger partial charge in [0.2, 0.25) is 0 Å². The summed E-state index contributed by atoms with van der Waals surface area (Å²) in [6.45, 7) is 0.151. The number of alkyl halides is 6. The zero-order valence-corrected chi connectivity index (χ0v) is 18.6. The third kappa shape index (κ3) is 6.72. The fraction of sp³-hybridized carbons (Fsp3) is 0.478. The van der Waals surface area contributed by atoms with Crippen molar-refractivity contribution in [2.45, 2.75) is 62.7 Å². The zero-order chi connectivity index (χ0) is 26.8. The molecule has 1 heterocycles. The molecule has 0 unspecified atom stereocenters. The second kappa shape index (κ2) is 11.0. The van der Waals surface area contributed by atoms with Gasteiger partial charge in [0.25, 0.3) is 0 Å². The molecular formula is C23H23F7O6. The fourth-order valence-electron chi connectivity index (χ4n) is 3.61. The molecular weight excluding hydrogens is 505 g/mol. The van der Waals surface area contributed by atoms with Crippen LogP contribution in [0.3, 0.4) is 0 Å². The van der Waals surface area contributed by atoms with Gasteiger partial charge in [-0.05, 0) is 48.4 Å². The Balaban J connectivity index is 1.87. The first-order chi connectivity index (χ1) is 16.7. The van der Waals surface area contributed by atoms with E-state index in [1.54, 1.807) is 0 Å². The molecule has 2 aromatic rings. The van der Waals surface area contributed by atoms with Crippen molar-refractivity contribution in [3.8, 4) is 0 Å². The van der Waals surface area contributed by atoms with Gasteiger partial charge in [-0.2, -0.15) is 26.3 Å². The largest absolute Gasteiger partial charge is 0.416 e. The minimum Gasteiger partial charge on any atom is -0.394 e. The van der Waals surface area contributed by atoms with Crippen LogP contribution in [0.15, 0.2) is 42.5 Å². The summed E-state index contributed by atoms with van der Waals surface area (Å²) in [6.07, 6.45) is -19.4. The van der Waals surface area contributed by atoms with Crippen LogP contribution >= 0.6 is 0 Å². The van der Waals surface area contributed by atoms with Crippen molar-refractivity contribution in [3.05, 3.63) is 70.5 Å². The number of aliphatic hydroxyl groups excluding tert-OH is 3. The van der Waals surface area contributed by atoms with E-state index in [4.69, 9.17) is 14.2 Å². The smallest absolute Gasteiger partial charge is 0.394 e. The first-order valence-electron chi connectivity index (χ1n) is 10.6. The first kappa shape index (κ1) is 28.3. The quantitative estimate of drug-likeness (QED) is 0.472. The number of benzene rings is 2. The minimum atomic E-state index is -5.07. The van der Waals surface area contributed by atoms with Gasteiger partial charge in [0, 0.05) is 0 Å². The highest BCUT2D eigenvalue weighted by molar-refractivity contribution is 5.34. The molecule has 2 aromatic carbocycles. The summed E-state index contributed by atoms with van der Waals surface area (Å²) >= 11 is 0. The van der Waals surface area contributed by atoms with Gasteiger partial charge in [0.05, 0.1) is 30.4 Å². The molecule has 3 N–H and O–H groups in total. The molecule has 200 valence electrons. The average Bonchev–Trinajstić information content (AvgIpc) is 2.80. The second-order valence-electron chi connectivity index (χ2n) is 8.23. The maximum absolute atomic E-state index is 13.2. The molecule has 0 bridgehead atoms. The Morgan fingerprint density at radius 1 is 0.917 bits per heavy atom. The van der Waals surface area contributed by atoms with Crippen molar-refractivity contribution in [1.29, 1.82) is 0 Å². The van der Waals surface area contributed by atoms with E-state index in [2.05, 4.69) is 0 Å². The Bertz CT molecular complexity index is 979. The molecule has 0 spiro atoms. The number of ether oxygens (including phenoxy) is 3. The van der Waals surface area contributed by atoms with Crippen LogP contribution in [0.25, 0.3) is 0 Å². The van der Waals surface area contributed by atoms with E-state index in [0.717, 1.165) is 12.1 Å². The molecule has 0 aromatic heterocycles. The lowest BCUT2D eigenvalue weighted by molar-refractivity contribution is -0.321. The van der Waals surface area contributed by atoms with Crippen LogP contribution in [0.1, 0.15) is 35.3 Å². The summed E-state index contributed by atoms with van der Waals surface area (Å²) in [5, 5.41) is 30.1. The Morgan fingerprint density at radius 3 is 1.97 bits per heavy atom. The Hall–Kier alpha value is -2.29. The minimum absolute atomic E-state index is 0.0240. The SMILES string of the molecule is C[C@@H](O[C@@H]1O[C@H](CO)[C@H](O)[C@H](O)[C@H]1OCc1ccc(F)cc1)c1cc(C(F)(F)F)cc(C(F)(F)F)c1. The molecule has 1 saturated heterocycles. The Morgan fingerprint density at radius 2 is 1.47 bits per heavy atom. The van der Waals surface area contributed by atoms with Crippen molar-refractivity contribution < 1.29 is 60.3 Å². The molecule has 1 fully saturated rings. The third-order valence-electron chi connectivity index (χ3n) is 5.60. The maximum atomic E-state index is 13.2. The van der Waals surface area contributed by atoms with E-state index in [0.29, 0.717) is 17.7 Å². The van der Waals surface area contributed by atoms with Gasteiger partial charge < -0.3 is 29.5 Å². The molecule has 1 aliphatic heterocycles. The normalized spacial score (nSPS) is 26.1. The van der Waals surface area contributed by atoms with Gasteiger partial charge in [-0.15, -0.1) is 0 Å². The highest BCUT2D eigenvalue weighted by Crippen LogP contribution is 2.38. The summed E-state index contributed by atoms with van der Waals surface area (Å²) in [4.78, 5) is 0. The summed E-state index contributed by atoms with van der Waals surface area (Å²) in [6, 6.07) is 5.99. The summed E-state index contributed by atoms with van der Waals surface area (Å²) < 4.78 is 109. The average molecular weight is 528 g/mol. The van der Waals surface area contributed by atoms with Gasteiger partial charge >= 0.3 is 12.4 Å². The zero-order valence-electron chi connectivity index (χ0n) is 18.6. The molecule has 1 aliphatic rings. The van der Waals surface area contributed by atoms with Crippen molar-refractivity contribution in [2.24, 2.45) is 0 Å². The molecule has 0 aliphatic carbocycles. The van der Waals surface area contributed by atoms with Crippen LogP contribution in [-0.4, -0.2) is 52.6 Å². The molecule has 0 radical (unpaired) electrons. The van der Waals surface area contributed by atoms with Gasteiger partial charge in [-0.1, -0.05) is 12.1 Å². The Labute approximate surface area is 200 Å². The fourth-order valence-corrected chi connectivity index (χ4v) is 3.61. The van der Waals surface area contributed by atoms with E-state index >= 15 is 0 Å². The monoisotopic (exact) mass is 528 g/mol. The van der Waals surface area contributed by atoms with E-state index in [1.165, 1.54) is 19.1 Å². The maximum Gasteiger partial charge on any atom is 0.416 e. The number of aliphatic hydroxyl groups is 3. The van der Waals surface area contributed by atoms with Crippen LogP contribution in [0, 0.1) is 5.82 Å². The number of hydrogen-bond donors (Lipinski definition) is 3. The molecule has 6 atom stereocenters. The topological polar surface area (TPSA) is 88.4 Å². The highest BCUT2D eigenvalue weighted by Gasteiger charge is 2.46. The van der Waals surface area contributed by atoms with Gasteiger partial charge in [0.15, 0.2) is 6.29 Å². The Kier molecular flexibility index (Phi) is 8.63. The van der Waals surface area contributed by atoms with Crippen LogP contribution in [-0.2, 0) is 33.2 Å². The van der Waals surface area contributed by atoms with Crippen LogP contribution in [0.5, 0.6) is 0 Å². The molecule has 0 amide bonds. The predicted octanol–water partition coefficient (Wildman–Crippen LogP) is 3.97. The van der Waals surface area contributed by atoms with Crippen molar-refractivity contribution >= 4 is 0 Å². The predicted molar refractivity (Wildman–Crippen MR) is 109 cm³/mol. The molecule has 6 nitrogen and oxygen atoms in total. The van der Waals surface area contributed by atoms with Crippen LogP contribution < -0.4 is 0 Å². The van der Waals surface area contributed by atoms with Crippen LogP contribution in [0.2, 0.25) is 0 Å². The number of hydrogen-bond acceptors (Lipinski definition) is 6. The van der Waals surface area contributed by atoms with Crippen molar-refractivity contribution in [2.75, 3.05) is 6.61 Å². The number of rotatable bonds is 7. The molecule has 36 heavy (non-hydrogen) atoms. The van der Waals surface area contributed by atoms with E-state index in [-0.39, 0.29) is 12.7 Å².